The molecule has 5 rings (SSSR count). The zero-order valence-corrected chi connectivity index (χ0v) is 22.9. The molecule has 3 aromatic rings. The van der Waals surface area contributed by atoms with Crippen LogP contribution in [-0.2, 0) is 43.5 Å². The molecule has 5 nitrogen and oxygen atoms in total. The van der Waals surface area contributed by atoms with Crippen molar-refractivity contribution < 1.29 is 23.7 Å². The molecular weight excluding hydrogens is 488 g/mol. The van der Waals surface area contributed by atoms with Crippen LogP contribution in [-0.4, -0.2) is 37.8 Å². The van der Waals surface area contributed by atoms with Crippen LogP contribution < -0.4 is 0 Å². The van der Waals surface area contributed by atoms with Gasteiger partial charge in [-0.15, -0.1) is 0 Å². The summed E-state index contributed by atoms with van der Waals surface area (Å²) < 4.78 is 32.2. The van der Waals surface area contributed by atoms with Crippen molar-refractivity contribution in [1.29, 1.82) is 0 Å². The van der Waals surface area contributed by atoms with Crippen molar-refractivity contribution >= 4 is 0 Å². The van der Waals surface area contributed by atoms with Gasteiger partial charge in [0.1, 0.15) is 12.2 Å². The molecule has 4 atom stereocenters. The fraction of sp³-hybridized carbons (Fsp3) is 0.471. The SMILES string of the molecule is c1ccc(COC[C@H]2OC(OCC3CCCCC3)C[C@@H](OCc3ccccc3)[C@@H]2OCc2ccccc2)cc1. The lowest BCUT2D eigenvalue weighted by Gasteiger charge is -2.41. The van der Waals surface area contributed by atoms with Crippen LogP contribution in [0.25, 0.3) is 0 Å². The highest BCUT2D eigenvalue weighted by Crippen LogP contribution is 2.30. The second kappa shape index (κ2) is 15.3. The van der Waals surface area contributed by atoms with Crippen LogP contribution in [0.5, 0.6) is 0 Å². The van der Waals surface area contributed by atoms with Gasteiger partial charge in [0.05, 0.1) is 39.1 Å². The molecule has 1 aliphatic heterocycles. The number of rotatable bonds is 13. The first kappa shape index (κ1) is 28.0. The molecule has 1 heterocycles. The Morgan fingerprint density at radius 3 is 1.77 bits per heavy atom. The highest BCUT2D eigenvalue weighted by atomic mass is 16.7. The van der Waals surface area contributed by atoms with Crippen molar-refractivity contribution in [2.75, 3.05) is 13.2 Å². The molecule has 2 aliphatic rings. The molecule has 0 radical (unpaired) electrons. The molecule has 1 saturated carbocycles. The lowest BCUT2D eigenvalue weighted by atomic mass is 9.90. The first-order valence-corrected chi connectivity index (χ1v) is 14.5. The van der Waals surface area contributed by atoms with Crippen molar-refractivity contribution in [2.24, 2.45) is 5.92 Å². The first-order chi connectivity index (χ1) is 19.3. The van der Waals surface area contributed by atoms with Crippen LogP contribution in [0.3, 0.4) is 0 Å². The van der Waals surface area contributed by atoms with Crippen LogP contribution in [0, 0.1) is 5.92 Å². The van der Waals surface area contributed by atoms with Crippen molar-refractivity contribution in [2.45, 2.75) is 82.9 Å². The second-order valence-electron chi connectivity index (χ2n) is 10.8. The Hall–Kier alpha value is -2.54. The lowest BCUT2D eigenvalue weighted by Crippen LogP contribution is -2.53. The van der Waals surface area contributed by atoms with Gasteiger partial charge in [0.2, 0.25) is 0 Å². The third kappa shape index (κ3) is 8.99. The molecular formula is C34H42O5. The number of hydrogen-bond donors (Lipinski definition) is 0. The summed E-state index contributed by atoms with van der Waals surface area (Å²) in [6.45, 7) is 2.67. The predicted molar refractivity (Wildman–Crippen MR) is 152 cm³/mol. The average Bonchev–Trinajstić information content (AvgIpc) is 3.00. The fourth-order valence-electron chi connectivity index (χ4n) is 5.52. The second-order valence-corrected chi connectivity index (χ2v) is 10.8. The molecule has 39 heavy (non-hydrogen) atoms. The molecule has 0 spiro atoms. The Morgan fingerprint density at radius 2 is 1.15 bits per heavy atom. The molecule has 2 fully saturated rings. The summed E-state index contributed by atoms with van der Waals surface area (Å²) in [4.78, 5) is 0. The summed E-state index contributed by atoms with van der Waals surface area (Å²) >= 11 is 0. The lowest BCUT2D eigenvalue weighted by molar-refractivity contribution is -0.280. The van der Waals surface area contributed by atoms with Crippen LogP contribution in [0.2, 0.25) is 0 Å². The normalized spacial score (nSPS) is 24.0. The van der Waals surface area contributed by atoms with E-state index >= 15 is 0 Å². The molecule has 208 valence electrons. The van der Waals surface area contributed by atoms with Crippen molar-refractivity contribution in [3.05, 3.63) is 108 Å². The van der Waals surface area contributed by atoms with E-state index in [2.05, 4.69) is 36.4 Å². The van der Waals surface area contributed by atoms with Crippen molar-refractivity contribution in [3.63, 3.8) is 0 Å². The molecule has 1 unspecified atom stereocenters. The summed E-state index contributed by atoms with van der Waals surface area (Å²) in [5, 5.41) is 0. The van der Waals surface area contributed by atoms with E-state index in [-0.39, 0.29) is 24.6 Å². The summed E-state index contributed by atoms with van der Waals surface area (Å²) in [7, 11) is 0. The van der Waals surface area contributed by atoms with Gasteiger partial charge in [-0.3, -0.25) is 0 Å². The fourth-order valence-corrected chi connectivity index (χ4v) is 5.52. The highest BCUT2D eigenvalue weighted by molar-refractivity contribution is 5.15. The van der Waals surface area contributed by atoms with Gasteiger partial charge in [0, 0.05) is 6.42 Å². The van der Waals surface area contributed by atoms with Crippen LogP contribution in [0.15, 0.2) is 91.0 Å². The Kier molecular flexibility index (Phi) is 11.0. The third-order valence-electron chi connectivity index (χ3n) is 7.71. The predicted octanol–water partition coefficient (Wildman–Crippen LogP) is 7.09. The highest BCUT2D eigenvalue weighted by Gasteiger charge is 2.41. The molecule has 0 N–H and O–H groups in total. The van der Waals surface area contributed by atoms with Gasteiger partial charge in [0.15, 0.2) is 6.29 Å². The van der Waals surface area contributed by atoms with E-state index in [1.165, 1.54) is 32.1 Å². The molecule has 3 aromatic carbocycles. The average molecular weight is 531 g/mol. The first-order valence-electron chi connectivity index (χ1n) is 14.5. The summed E-state index contributed by atoms with van der Waals surface area (Å²) in [5.41, 5.74) is 3.40. The smallest absolute Gasteiger partial charge is 0.160 e. The van der Waals surface area contributed by atoms with Crippen LogP contribution in [0.4, 0.5) is 0 Å². The molecule has 1 saturated heterocycles. The molecule has 0 amide bonds. The van der Waals surface area contributed by atoms with Gasteiger partial charge >= 0.3 is 0 Å². The van der Waals surface area contributed by atoms with Gasteiger partial charge in [-0.2, -0.15) is 0 Å². The monoisotopic (exact) mass is 530 g/mol. The van der Waals surface area contributed by atoms with Gasteiger partial charge in [-0.1, -0.05) is 110 Å². The Bertz CT molecular complexity index is 1050. The van der Waals surface area contributed by atoms with Crippen LogP contribution in [0.1, 0.15) is 55.2 Å². The summed E-state index contributed by atoms with van der Waals surface area (Å²) in [5.74, 6) is 0.617. The molecule has 1 aliphatic carbocycles. The van der Waals surface area contributed by atoms with Crippen LogP contribution >= 0.6 is 0 Å². The minimum absolute atomic E-state index is 0.177. The summed E-state index contributed by atoms with van der Waals surface area (Å²) in [6, 6.07) is 30.8. The topological polar surface area (TPSA) is 46.2 Å². The number of ether oxygens (including phenoxy) is 5. The third-order valence-corrected chi connectivity index (χ3v) is 7.71. The number of hydrogen-bond acceptors (Lipinski definition) is 5. The largest absolute Gasteiger partial charge is 0.374 e. The molecule has 0 bridgehead atoms. The zero-order chi connectivity index (χ0) is 26.5. The Balaban J connectivity index is 1.28. The van der Waals surface area contributed by atoms with E-state index in [4.69, 9.17) is 23.7 Å². The van der Waals surface area contributed by atoms with E-state index < -0.39 is 0 Å². The van der Waals surface area contributed by atoms with E-state index in [1.54, 1.807) is 0 Å². The maximum absolute atomic E-state index is 6.55. The minimum atomic E-state index is -0.338. The quantitative estimate of drug-likeness (QED) is 0.236. The van der Waals surface area contributed by atoms with E-state index in [1.807, 2.05) is 54.6 Å². The maximum Gasteiger partial charge on any atom is 0.160 e. The van der Waals surface area contributed by atoms with E-state index in [0.29, 0.717) is 38.8 Å². The van der Waals surface area contributed by atoms with Crippen molar-refractivity contribution in [1.82, 2.24) is 0 Å². The van der Waals surface area contributed by atoms with E-state index in [9.17, 15) is 0 Å². The molecule has 0 aromatic heterocycles. The number of benzene rings is 3. The van der Waals surface area contributed by atoms with Gasteiger partial charge in [-0.05, 0) is 35.4 Å². The molecule has 5 heteroatoms. The Labute approximate surface area is 233 Å². The minimum Gasteiger partial charge on any atom is -0.374 e. The van der Waals surface area contributed by atoms with Gasteiger partial charge in [0.25, 0.3) is 0 Å². The van der Waals surface area contributed by atoms with Gasteiger partial charge in [-0.25, -0.2) is 0 Å². The Morgan fingerprint density at radius 1 is 0.590 bits per heavy atom. The summed E-state index contributed by atoms with van der Waals surface area (Å²) in [6.07, 6.45) is 5.96. The van der Waals surface area contributed by atoms with E-state index in [0.717, 1.165) is 23.3 Å². The maximum atomic E-state index is 6.55. The van der Waals surface area contributed by atoms with Gasteiger partial charge < -0.3 is 23.7 Å². The zero-order valence-electron chi connectivity index (χ0n) is 22.9. The van der Waals surface area contributed by atoms with Crippen molar-refractivity contribution in [3.8, 4) is 0 Å². The standard InChI is InChI=1S/C34H42O5/c1-5-13-27(14-6-1)22-35-26-32-34(38-25-30-19-11-4-12-20-30)31(36-23-28-15-7-2-8-16-28)21-33(39-32)37-24-29-17-9-3-10-18-29/h1-2,4-8,11-16,19-20,29,31-34H,3,9-10,17-18,21-26H2/t31-,32-,33?,34+/m1/s1.